The summed E-state index contributed by atoms with van der Waals surface area (Å²) in [7, 11) is 0. The minimum Gasteiger partial charge on any atom is -0.336 e. The molecule has 0 unspecified atom stereocenters. The molecule has 7 heteroatoms. The highest BCUT2D eigenvalue weighted by Crippen LogP contribution is 2.32. The van der Waals surface area contributed by atoms with E-state index in [2.05, 4.69) is 23.8 Å². The summed E-state index contributed by atoms with van der Waals surface area (Å²) in [6.07, 6.45) is 5.49. The number of nitrogens with one attached hydrogen (secondary N) is 1. The normalized spacial score (nSPS) is 16.2. The first-order chi connectivity index (χ1) is 11.6. The maximum Gasteiger partial charge on any atom is 0.281 e. The molecule has 0 amide bonds. The lowest BCUT2D eigenvalue weighted by atomic mass is 10.1. The van der Waals surface area contributed by atoms with E-state index in [0.717, 1.165) is 30.9 Å². The fourth-order valence-corrected chi connectivity index (χ4v) is 3.63. The standard InChI is InChI=1S/C17H24N6O/c1-4-12-18-13-15(19-12)23-17(22(16(13)24)9-10(2)3)20-14(21-23)11-7-5-6-8-11/h10-11H,4-9H2,1-3H3,(H,18,19). The van der Waals surface area contributed by atoms with Gasteiger partial charge >= 0.3 is 0 Å². The second kappa shape index (κ2) is 5.72. The molecule has 7 nitrogen and oxygen atoms in total. The zero-order valence-corrected chi connectivity index (χ0v) is 14.5. The van der Waals surface area contributed by atoms with Crippen LogP contribution in [0, 0.1) is 5.92 Å². The van der Waals surface area contributed by atoms with Crippen LogP contribution in [-0.4, -0.2) is 29.1 Å². The molecule has 4 rings (SSSR count). The number of hydrogen-bond acceptors (Lipinski definition) is 4. The van der Waals surface area contributed by atoms with Crippen molar-refractivity contribution >= 4 is 16.9 Å². The third kappa shape index (κ3) is 2.34. The van der Waals surface area contributed by atoms with Crippen LogP contribution in [0.15, 0.2) is 4.79 Å². The van der Waals surface area contributed by atoms with Crippen molar-refractivity contribution in [2.45, 2.75) is 65.3 Å². The van der Waals surface area contributed by atoms with Gasteiger partial charge in [0.1, 0.15) is 5.82 Å². The smallest absolute Gasteiger partial charge is 0.281 e. The van der Waals surface area contributed by atoms with Crippen molar-refractivity contribution in [2.24, 2.45) is 5.92 Å². The van der Waals surface area contributed by atoms with Gasteiger partial charge in [-0.25, -0.2) is 4.98 Å². The summed E-state index contributed by atoms with van der Waals surface area (Å²) in [6, 6.07) is 0. The summed E-state index contributed by atoms with van der Waals surface area (Å²) in [4.78, 5) is 25.4. The summed E-state index contributed by atoms with van der Waals surface area (Å²) < 4.78 is 3.51. The Morgan fingerprint density at radius 1 is 1.25 bits per heavy atom. The molecule has 0 spiro atoms. The molecule has 1 aliphatic rings. The molecule has 128 valence electrons. The average Bonchev–Trinajstić information content (AvgIpc) is 3.28. The van der Waals surface area contributed by atoms with Crippen molar-refractivity contribution in [3.63, 3.8) is 0 Å². The molecule has 1 aliphatic carbocycles. The Kier molecular flexibility index (Phi) is 3.66. The van der Waals surface area contributed by atoms with Crippen molar-refractivity contribution in [1.29, 1.82) is 0 Å². The molecule has 0 aliphatic heterocycles. The van der Waals surface area contributed by atoms with Gasteiger partial charge in [0, 0.05) is 18.9 Å². The van der Waals surface area contributed by atoms with E-state index in [1.54, 1.807) is 9.08 Å². The van der Waals surface area contributed by atoms with Gasteiger partial charge in [0.15, 0.2) is 17.0 Å². The summed E-state index contributed by atoms with van der Waals surface area (Å²) in [5.74, 6) is 3.05. The molecule has 0 atom stereocenters. The molecular weight excluding hydrogens is 304 g/mol. The Morgan fingerprint density at radius 3 is 2.67 bits per heavy atom. The highest BCUT2D eigenvalue weighted by molar-refractivity contribution is 5.72. The maximum atomic E-state index is 12.9. The summed E-state index contributed by atoms with van der Waals surface area (Å²) in [5, 5.41) is 4.74. The number of imidazole rings is 1. The number of fused-ring (bicyclic) bond motifs is 3. The predicted octanol–water partition coefficient (Wildman–Crippen LogP) is 2.64. The Balaban J connectivity index is 2.01. The summed E-state index contributed by atoms with van der Waals surface area (Å²) in [6.45, 7) is 6.85. The number of aromatic amines is 1. The van der Waals surface area contributed by atoms with E-state index in [-0.39, 0.29) is 5.56 Å². The van der Waals surface area contributed by atoms with Crippen LogP contribution in [0.5, 0.6) is 0 Å². The van der Waals surface area contributed by atoms with Gasteiger partial charge in [0.25, 0.3) is 5.56 Å². The SMILES string of the molecule is CCc1nc2c([nH]1)c(=O)n(CC(C)C)c1nc(C3CCCC3)nn21. The monoisotopic (exact) mass is 328 g/mol. The van der Waals surface area contributed by atoms with Crippen LogP contribution < -0.4 is 5.56 Å². The fourth-order valence-electron chi connectivity index (χ4n) is 3.63. The van der Waals surface area contributed by atoms with Crippen LogP contribution in [-0.2, 0) is 13.0 Å². The molecule has 0 aromatic carbocycles. The van der Waals surface area contributed by atoms with Crippen molar-refractivity contribution < 1.29 is 0 Å². The largest absolute Gasteiger partial charge is 0.336 e. The second-order valence-electron chi connectivity index (χ2n) is 7.21. The van der Waals surface area contributed by atoms with Gasteiger partial charge in [-0.1, -0.05) is 33.6 Å². The van der Waals surface area contributed by atoms with E-state index in [0.29, 0.717) is 35.3 Å². The van der Waals surface area contributed by atoms with Crippen LogP contribution >= 0.6 is 0 Å². The Bertz CT molecular complexity index is 941. The van der Waals surface area contributed by atoms with Gasteiger partial charge in [-0.15, -0.1) is 5.10 Å². The summed E-state index contributed by atoms with van der Waals surface area (Å²) >= 11 is 0. The van der Waals surface area contributed by atoms with Gasteiger partial charge < -0.3 is 4.98 Å². The predicted molar refractivity (Wildman–Crippen MR) is 92.3 cm³/mol. The highest BCUT2D eigenvalue weighted by Gasteiger charge is 2.25. The van der Waals surface area contributed by atoms with Gasteiger partial charge in [-0.2, -0.15) is 9.50 Å². The van der Waals surface area contributed by atoms with Crippen molar-refractivity contribution in [3.05, 3.63) is 22.0 Å². The lowest BCUT2D eigenvalue weighted by Crippen LogP contribution is -2.25. The third-order valence-electron chi connectivity index (χ3n) is 4.84. The quantitative estimate of drug-likeness (QED) is 0.798. The fraction of sp³-hybridized carbons (Fsp3) is 0.647. The van der Waals surface area contributed by atoms with E-state index >= 15 is 0 Å². The van der Waals surface area contributed by atoms with Crippen molar-refractivity contribution in [1.82, 2.24) is 29.1 Å². The van der Waals surface area contributed by atoms with Crippen molar-refractivity contribution in [3.8, 4) is 0 Å². The van der Waals surface area contributed by atoms with E-state index in [1.165, 1.54) is 12.8 Å². The van der Waals surface area contributed by atoms with Crippen LogP contribution in [0.4, 0.5) is 0 Å². The average molecular weight is 328 g/mol. The lowest BCUT2D eigenvalue weighted by Gasteiger charge is -2.09. The number of aryl methyl sites for hydroxylation is 1. The molecule has 1 fully saturated rings. The van der Waals surface area contributed by atoms with Crippen LogP contribution in [0.1, 0.15) is 64.0 Å². The maximum absolute atomic E-state index is 12.9. The zero-order valence-electron chi connectivity index (χ0n) is 14.5. The van der Waals surface area contributed by atoms with E-state index in [4.69, 9.17) is 10.1 Å². The third-order valence-corrected chi connectivity index (χ3v) is 4.84. The van der Waals surface area contributed by atoms with Crippen molar-refractivity contribution in [2.75, 3.05) is 0 Å². The Morgan fingerprint density at radius 2 is 2.00 bits per heavy atom. The number of aromatic nitrogens is 6. The molecule has 0 bridgehead atoms. The molecule has 1 N–H and O–H groups in total. The van der Waals surface area contributed by atoms with E-state index in [9.17, 15) is 4.79 Å². The Labute approximate surface area is 140 Å². The van der Waals surface area contributed by atoms with Gasteiger partial charge in [-0.3, -0.25) is 9.36 Å². The molecule has 24 heavy (non-hydrogen) atoms. The lowest BCUT2D eigenvalue weighted by molar-refractivity contribution is 0.516. The molecule has 3 heterocycles. The number of nitrogens with zero attached hydrogens (tertiary/aromatic N) is 5. The first-order valence-corrected chi connectivity index (χ1v) is 8.96. The Hall–Kier alpha value is -2.18. The van der Waals surface area contributed by atoms with E-state index in [1.807, 2.05) is 6.92 Å². The molecular formula is C17H24N6O. The van der Waals surface area contributed by atoms with Gasteiger partial charge in [0.2, 0.25) is 5.78 Å². The number of rotatable bonds is 4. The van der Waals surface area contributed by atoms with Gasteiger partial charge in [0.05, 0.1) is 0 Å². The second-order valence-corrected chi connectivity index (χ2v) is 7.21. The summed E-state index contributed by atoms with van der Waals surface area (Å²) in [5.41, 5.74) is 1.08. The molecule has 1 saturated carbocycles. The number of H-pyrrole nitrogens is 1. The van der Waals surface area contributed by atoms with E-state index < -0.39 is 0 Å². The highest BCUT2D eigenvalue weighted by atomic mass is 16.1. The molecule has 0 saturated heterocycles. The molecule has 3 aromatic rings. The topological polar surface area (TPSA) is 80.9 Å². The van der Waals surface area contributed by atoms with Crippen LogP contribution in [0.3, 0.4) is 0 Å². The van der Waals surface area contributed by atoms with Crippen LogP contribution in [0.25, 0.3) is 16.9 Å². The van der Waals surface area contributed by atoms with Gasteiger partial charge in [-0.05, 0) is 18.8 Å². The minimum atomic E-state index is -0.0521. The number of hydrogen-bond donors (Lipinski definition) is 1. The minimum absolute atomic E-state index is 0.0521. The molecule has 3 aromatic heterocycles. The zero-order chi connectivity index (χ0) is 16.8. The molecule has 0 radical (unpaired) electrons. The first kappa shape index (κ1) is 15.4. The van der Waals surface area contributed by atoms with Crippen LogP contribution in [0.2, 0.25) is 0 Å². The first-order valence-electron chi connectivity index (χ1n) is 8.96.